The lowest BCUT2D eigenvalue weighted by Gasteiger charge is -2.06. The Morgan fingerprint density at radius 1 is 1.35 bits per heavy atom. The first kappa shape index (κ1) is 13.6. The molecule has 0 N–H and O–H groups in total. The van der Waals surface area contributed by atoms with E-state index in [0.29, 0.717) is 0 Å². The van der Waals surface area contributed by atoms with Crippen molar-refractivity contribution in [2.75, 3.05) is 14.1 Å². The molecule has 0 radical (unpaired) electrons. The number of aryl methyl sites for hydroxylation is 1. The highest BCUT2D eigenvalue weighted by Crippen LogP contribution is 2.03. The fourth-order valence-corrected chi connectivity index (χ4v) is 1.69. The monoisotopic (exact) mass is 233 g/mol. The molecule has 0 fully saturated rings. The number of nitrogens with zero attached hydrogens (tertiary/aromatic N) is 3. The summed E-state index contributed by atoms with van der Waals surface area (Å²) in [6.45, 7) is 3.21. The smallest absolute Gasteiger partial charge is 0.0945 e. The summed E-state index contributed by atoms with van der Waals surface area (Å²) in [5.74, 6) is 0. The van der Waals surface area contributed by atoms with Crippen molar-refractivity contribution in [1.82, 2.24) is 14.5 Å². The number of allylic oxidation sites excluding steroid dienone is 3. The fourth-order valence-electron chi connectivity index (χ4n) is 1.69. The van der Waals surface area contributed by atoms with Crippen LogP contribution in [0, 0.1) is 0 Å². The van der Waals surface area contributed by atoms with Crippen LogP contribution < -0.4 is 0 Å². The zero-order valence-corrected chi connectivity index (χ0v) is 11.1. The molecule has 0 spiro atoms. The summed E-state index contributed by atoms with van der Waals surface area (Å²) in [4.78, 5) is 6.11. The maximum absolute atomic E-state index is 4.02. The van der Waals surface area contributed by atoms with Crippen LogP contribution in [0.15, 0.2) is 42.6 Å². The molecule has 94 valence electrons. The van der Waals surface area contributed by atoms with Crippen molar-refractivity contribution in [2.24, 2.45) is 0 Å². The van der Waals surface area contributed by atoms with Gasteiger partial charge in [0.2, 0.25) is 0 Å². The van der Waals surface area contributed by atoms with Gasteiger partial charge in [-0.3, -0.25) is 0 Å². The molecule has 1 heterocycles. The Bertz CT molecular complexity index is 348. The van der Waals surface area contributed by atoms with Gasteiger partial charge in [-0.15, -0.1) is 0 Å². The van der Waals surface area contributed by atoms with Crippen molar-refractivity contribution < 1.29 is 0 Å². The molecule has 1 rings (SSSR count). The van der Waals surface area contributed by atoms with Crippen LogP contribution in [0.1, 0.15) is 26.2 Å². The summed E-state index contributed by atoms with van der Waals surface area (Å²) in [6.07, 6.45) is 15.7. The third-order valence-corrected chi connectivity index (χ3v) is 2.43. The second-order valence-corrected chi connectivity index (χ2v) is 4.56. The number of aromatic nitrogens is 2. The van der Waals surface area contributed by atoms with E-state index in [1.54, 1.807) is 0 Å². The summed E-state index contributed by atoms with van der Waals surface area (Å²) < 4.78 is 2.12. The van der Waals surface area contributed by atoms with Gasteiger partial charge in [0.15, 0.2) is 0 Å². The molecular weight excluding hydrogens is 210 g/mol. The Labute approximate surface area is 104 Å². The molecule has 0 aliphatic carbocycles. The van der Waals surface area contributed by atoms with E-state index >= 15 is 0 Å². The Morgan fingerprint density at radius 2 is 2.18 bits per heavy atom. The molecule has 0 saturated heterocycles. The van der Waals surface area contributed by atoms with Gasteiger partial charge < -0.3 is 9.47 Å². The van der Waals surface area contributed by atoms with Gasteiger partial charge in [-0.25, -0.2) is 4.98 Å². The second kappa shape index (κ2) is 7.71. The van der Waals surface area contributed by atoms with Crippen molar-refractivity contribution in [2.45, 2.75) is 32.7 Å². The minimum Gasteiger partial charge on any atom is -0.384 e. The van der Waals surface area contributed by atoms with Crippen LogP contribution in [-0.4, -0.2) is 28.5 Å². The van der Waals surface area contributed by atoms with Crippen LogP contribution in [0.2, 0.25) is 0 Å². The van der Waals surface area contributed by atoms with Crippen molar-refractivity contribution in [3.05, 3.63) is 42.6 Å². The van der Waals surface area contributed by atoms with Crippen molar-refractivity contribution in [3.63, 3.8) is 0 Å². The van der Waals surface area contributed by atoms with Gasteiger partial charge in [-0.2, -0.15) is 0 Å². The minimum absolute atomic E-state index is 1.04. The van der Waals surface area contributed by atoms with Crippen molar-refractivity contribution in [1.29, 1.82) is 0 Å². The van der Waals surface area contributed by atoms with Crippen LogP contribution in [0.3, 0.4) is 0 Å². The summed E-state index contributed by atoms with van der Waals surface area (Å²) in [7, 11) is 4.11. The number of hydrogen-bond acceptors (Lipinski definition) is 2. The quantitative estimate of drug-likeness (QED) is 0.533. The second-order valence-electron chi connectivity index (χ2n) is 4.56. The van der Waals surface area contributed by atoms with E-state index in [1.165, 1.54) is 12.0 Å². The molecule has 3 heteroatoms. The molecule has 1 aromatic heterocycles. The van der Waals surface area contributed by atoms with Crippen LogP contribution in [0.4, 0.5) is 0 Å². The molecule has 0 saturated carbocycles. The van der Waals surface area contributed by atoms with Crippen LogP contribution >= 0.6 is 0 Å². The lowest BCUT2D eigenvalue weighted by Crippen LogP contribution is -2.01. The van der Waals surface area contributed by atoms with Crippen molar-refractivity contribution >= 4 is 0 Å². The van der Waals surface area contributed by atoms with Gasteiger partial charge in [-0.1, -0.05) is 17.7 Å². The molecule has 17 heavy (non-hydrogen) atoms. The van der Waals surface area contributed by atoms with Gasteiger partial charge in [0.25, 0.3) is 0 Å². The van der Waals surface area contributed by atoms with Gasteiger partial charge in [0.05, 0.1) is 6.33 Å². The number of hydrogen-bond donors (Lipinski definition) is 0. The SMILES string of the molecule is C/C(=C/N(C)C)C/C=C\CCCn1ccnc1. The molecule has 1 aromatic rings. The fraction of sp³-hybridized carbons (Fsp3) is 0.500. The lowest BCUT2D eigenvalue weighted by molar-refractivity contribution is 0.557. The average Bonchev–Trinajstić information content (AvgIpc) is 2.75. The van der Waals surface area contributed by atoms with Gasteiger partial charge >= 0.3 is 0 Å². The highest BCUT2D eigenvalue weighted by Gasteiger charge is 1.89. The molecule has 0 aromatic carbocycles. The molecule has 0 atom stereocenters. The Balaban J connectivity index is 2.10. The first-order chi connectivity index (χ1) is 8.18. The zero-order chi connectivity index (χ0) is 12.5. The van der Waals surface area contributed by atoms with E-state index in [1.807, 2.05) is 18.7 Å². The number of unbranched alkanes of at least 4 members (excludes halogenated alkanes) is 1. The maximum Gasteiger partial charge on any atom is 0.0945 e. The Kier molecular flexibility index (Phi) is 6.15. The minimum atomic E-state index is 1.04. The highest BCUT2D eigenvalue weighted by atomic mass is 15.0. The molecule has 0 amide bonds. The van der Waals surface area contributed by atoms with E-state index in [9.17, 15) is 0 Å². The van der Waals surface area contributed by atoms with E-state index in [4.69, 9.17) is 0 Å². The molecule has 0 bridgehead atoms. The molecule has 0 aliphatic heterocycles. The third-order valence-electron chi connectivity index (χ3n) is 2.43. The van der Waals surface area contributed by atoms with E-state index in [-0.39, 0.29) is 0 Å². The number of rotatable bonds is 7. The Morgan fingerprint density at radius 3 is 2.82 bits per heavy atom. The van der Waals surface area contributed by atoms with Crippen LogP contribution in [0.5, 0.6) is 0 Å². The largest absolute Gasteiger partial charge is 0.384 e. The van der Waals surface area contributed by atoms with Gasteiger partial charge in [-0.05, 0) is 32.4 Å². The summed E-state index contributed by atoms with van der Waals surface area (Å²) in [5, 5.41) is 0. The molecular formula is C14H23N3. The van der Waals surface area contributed by atoms with E-state index in [0.717, 1.165) is 19.4 Å². The standard InChI is InChI=1S/C14H23N3/c1-14(12-16(2)3)8-6-4-5-7-10-17-11-9-15-13-17/h4,6,9,11-13H,5,7-8,10H2,1-3H3/b6-4-,14-12-. The topological polar surface area (TPSA) is 21.1 Å². The first-order valence-corrected chi connectivity index (χ1v) is 6.13. The van der Waals surface area contributed by atoms with Crippen LogP contribution in [-0.2, 0) is 6.54 Å². The van der Waals surface area contributed by atoms with Crippen LogP contribution in [0.25, 0.3) is 0 Å². The zero-order valence-electron chi connectivity index (χ0n) is 11.1. The lowest BCUT2D eigenvalue weighted by atomic mass is 10.2. The average molecular weight is 233 g/mol. The summed E-state index contributed by atoms with van der Waals surface area (Å²) in [6, 6.07) is 0. The maximum atomic E-state index is 4.02. The van der Waals surface area contributed by atoms with Gasteiger partial charge in [0, 0.05) is 33.0 Å². The molecule has 0 aliphatic rings. The Hall–Kier alpha value is -1.51. The normalized spacial score (nSPS) is 12.3. The first-order valence-electron chi connectivity index (χ1n) is 6.13. The number of imidazole rings is 1. The molecule has 0 unspecified atom stereocenters. The van der Waals surface area contributed by atoms with E-state index < -0.39 is 0 Å². The predicted molar refractivity (Wildman–Crippen MR) is 72.7 cm³/mol. The summed E-state index contributed by atoms with van der Waals surface area (Å²) >= 11 is 0. The van der Waals surface area contributed by atoms with Gasteiger partial charge in [0.1, 0.15) is 0 Å². The van der Waals surface area contributed by atoms with Crippen molar-refractivity contribution in [3.8, 4) is 0 Å². The highest BCUT2D eigenvalue weighted by molar-refractivity contribution is 5.03. The third kappa shape index (κ3) is 6.61. The predicted octanol–water partition coefficient (Wildman–Crippen LogP) is 3.08. The summed E-state index contributed by atoms with van der Waals surface area (Å²) in [5.41, 5.74) is 1.39. The molecule has 3 nitrogen and oxygen atoms in total. The van der Waals surface area contributed by atoms with E-state index in [2.05, 4.69) is 53.8 Å².